The molecular formula is C20H23N3O5. The van der Waals surface area contributed by atoms with E-state index in [1.807, 2.05) is 30.3 Å². The molecule has 1 unspecified atom stereocenters. The number of aliphatic carboxylic acids is 1. The van der Waals surface area contributed by atoms with E-state index in [0.29, 0.717) is 38.0 Å². The first-order valence-corrected chi connectivity index (χ1v) is 9.26. The molecule has 1 saturated heterocycles. The van der Waals surface area contributed by atoms with Gasteiger partial charge in [-0.2, -0.15) is 0 Å². The number of carbonyl (C=O) groups excluding carboxylic acids is 2. The summed E-state index contributed by atoms with van der Waals surface area (Å²) >= 11 is 0. The highest BCUT2D eigenvalue weighted by molar-refractivity contribution is 5.92. The van der Waals surface area contributed by atoms with E-state index in [1.165, 1.54) is 11.8 Å². The van der Waals surface area contributed by atoms with Crippen LogP contribution in [0.2, 0.25) is 0 Å². The summed E-state index contributed by atoms with van der Waals surface area (Å²) in [6.45, 7) is 2.00. The summed E-state index contributed by atoms with van der Waals surface area (Å²) in [4.78, 5) is 38.7. The summed E-state index contributed by atoms with van der Waals surface area (Å²) in [5.41, 5.74) is 1.47. The number of rotatable bonds is 5. The summed E-state index contributed by atoms with van der Waals surface area (Å²) in [5.74, 6) is -1.38. The van der Waals surface area contributed by atoms with Gasteiger partial charge in [0.25, 0.3) is 5.91 Å². The highest BCUT2D eigenvalue weighted by Gasteiger charge is 2.29. The van der Waals surface area contributed by atoms with E-state index in [1.54, 1.807) is 11.0 Å². The maximum Gasteiger partial charge on any atom is 0.323 e. The monoisotopic (exact) mass is 385 g/mol. The van der Waals surface area contributed by atoms with Crippen molar-refractivity contribution in [3.63, 3.8) is 0 Å². The van der Waals surface area contributed by atoms with Crippen LogP contribution in [0.3, 0.4) is 0 Å². The predicted molar refractivity (Wildman–Crippen MR) is 101 cm³/mol. The number of carboxylic acids is 1. The average molecular weight is 385 g/mol. The van der Waals surface area contributed by atoms with Crippen molar-refractivity contribution in [1.82, 2.24) is 15.0 Å². The molecule has 1 fully saturated rings. The van der Waals surface area contributed by atoms with Crippen LogP contribution in [0.5, 0.6) is 0 Å². The number of carboxylic acid groups (broad SMARTS) is 1. The molecule has 0 spiro atoms. The summed E-state index contributed by atoms with van der Waals surface area (Å²) in [5, 5.41) is 13.0. The highest BCUT2D eigenvalue weighted by Crippen LogP contribution is 2.22. The van der Waals surface area contributed by atoms with Crippen molar-refractivity contribution >= 4 is 17.8 Å². The first-order chi connectivity index (χ1) is 13.5. The number of aromatic nitrogens is 1. The Balaban J connectivity index is 1.67. The van der Waals surface area contributed by atoms with Crippen LogP contribution in [0.1, 0.15) is 36.7 Å². The minimum absolute atomic E-state index is 0.172. The van der Waals surface area contributed by atoms with Crippen LogP contribution in [-0.2, 0) is 9.59 Å². The van der Waals surface area contributed by atoms with Crippen molar-refractivity contribution in [1.29, 1.82) is 0 Å². The molecule has 148 valence electrons. The third-order valence-corrected chi connectivity index (χ3v) is 4.93. The van der Waals surface area contributed by atoms with Gasteiger partial charge in [0.05, 0.1) is 0 Å². The second kappa shape index (κ2) is 8.69. The van der Waals surface area contributed by atoms with E-state index in [0.717, 1.165) is 5.56 Å². The molecule has 1 aliphatic heterocycles. The van der Waals surface area contributed by atoms with Gasteiger partial charge in [0.2, 0.25) is 11.7 Å². The molecule has 1 aromatic carbocycles. The summed E-state index contributed by atoms with van der Waals surface area (Å²) in [7, 11) is 0. The van der Waals surface area contributed by atoms with Gasteiger partial charge in [-0.1, -0.05) is 35.5 Å². The van der Waals surface area contributed by atoms with Crippen molar-refractivity contribution in [2.75, 3.05) is 19.6 Å². The number of benzene rings is 1. The SMILES string of the molecule is CC(=O)N(CC(=O)O)C1CCCN(C(=O)c2cc(-c3ccccc3)no2)CC1. The Bertz CT molecular complexity index is 849. The van der Waals surface area contributed by atoms with Gasteiger partial charge in [-0.15, -0.1) is 0 Å². The molecule has 2 amide bonds. The van der Waals surface area contributed by atoms with Gasteiger partial charge in [-0.25, -0.2) is 0 Å². The third kappa shape index (κ3) is 4.57. The molecular weight excluding hydrogens is 362 g/mol. The lowest BCUT2D eigenvalue weighted by Crippen LogP contribution is -2.43. The molecule has 8 heteroatoms. The lowest BCUT2D eigenvalue weighted by molar-refractivity contribution is -0.145. The second-order valence-electron chi connectivity index (χ2n) is 6.86. The van der Waals surface area contributed by atoms with Gasteiger partial charge in [0, 0.05) is 37.7 Å². The number of hydrogen-bond acceptors (Lipinski definition) is 5. The molecule has 8 nitrogen and oxygen atoms in total. The topological polar surface area (TPSA) is 104 Å². The molecule has 0 aliphatic carbocycles. The zero-order chi connectivity index (χ0) is 20.1. The fourth-order valence-electron chi connectivity index (χ4n) is 3.51. The molecule has 0 bridgehead atoms. The third-order valence-electron chi connectivity index (χ3n) is 4.93. The van der Waals surface area contributed by atoms with Gasteiger partial charge in [0.1, 0.15) is 12.2 Å². The molecule has 0 saturated carbocycles. The van der Waals surface area contributed by atoms with Crippen LogP contribution in [0, 0.1) is 0 Å². The lowest BCUT2D eigenvalue weighted by Gasteiger charge is -2.28. The zero-order valence-electron chi connectivity index (χ0n) is 15.7. The predicted octanol–water partition coefficient (Wildman–Crippen LogP) is 2.27. The molecule has 2 heterocycles. The maximum absolute atomic E-state index is 12.8. The highest BCUT2D eigenvalue weighted by atomic mass is 16.5. The van der Waals surface area contributed by atoms with Crippen LogP contribution in [0.25, 0.3) is 11.3 Å². The van der Waals surface area contributed by atoms with Crippen LogP contribution in [0.15, 0.2) is 40.9 Å². The van der Waals surface area contributed by atoms with Gasteiger partial charge < -0.3 is 19.4 Å². The van der Waals surface area contributed by atoms with Crippen LogP contribution in [0.4, 0.5) is 0 Å². The Kier molecular flexibility index (Phi) is 6.08. The minimum Gasteiger partial charge on any atom is -0.480 e. The molecule has 28 heavy (non-hydrogen) atoms. The van der Waals surface area contributed by atoms with Gasteiger partial charge >= 0.3 is 5.97 Å². The second-order valence-corrected chi connectivity index (χ2v) is 6.86. The summed E-state index contributed by atoms with van der Waals surface area (Å²) in [6.07, 6.45) is 1.86. The van der Waals surface area contributed by atoms with E-state index in [9.17, 15) is 14.4 Å². The maximum atomic E-state index is 12.8. The Morgan fingerprint density at radius 2 is 1.96 bits per heavy atom. The Labute approximate surface area is 162 Å². The van der Waals surface area contributed by atoms with E-state index in [-0.39, 0.29) is 30.2 Å². The average Bonchev–Trinajstić information content (AvgIpc) is 3.05. The van der Waals surface area contributed by atoms with Crippen molar-refractivity contribution in [2.45, 2.75) is 32.2 Å². The largest absolute Gasteiger partial charge is 0.480 e. The number of amides is 2. The minimum atomic E-state index is -1.04. The van der Waals surface area contributed by atoms with Gasteiger partial charge in [-0.3, -0.25) is 14.4 Å². The Morgan fingerprint density at radius 1 is 1.21 bits per heavy atom. The molecule has 1 N–H and O–H groups in total. The van der Waals surface area contributed by atoms with Gasteiger partial charge in [0.15, 0.2) is 0 Å². The molecule has 3 rings (SSSR count). The number of hydrogen-bond donors (Lipinski definition) is 1. The lowest BCUT2D eigenvalue weighted by atomic mass is 10.1. The number of nitrogens with zero attached hydrogens (tertiary/aromatic N) is 3. The van der Waals surface area contributed by atoms with Crippen molar-refractivity contribution < 1.29 is 24.0 Å². The van der Waals surface area contributed by atoms with Crippen LogP contribution < -0.4 is 0 Å². The van der Waals surface area contributed by atoms with E-state index < -0.39 is 5.97 Å². The van der Waals surface area contributed by atoms with Crippen LogP contribution in [-0.4, -0.2) is 63.5 Å². The zero-order valence-corrected chi connectivity index (χ0v) is 15.7. The first kappa shape index (κ1) is 19.6. The van der Waals surface area contributed by atoms with Crippen molar-refractivity contribution in [3.05, 3.63) is 42.2 Å². The quantitative estimate of drug-likeness (QED) is 0.847. The molecule has 0 radical (unpaired) electrons. The van der Waals surface area contributed by atoms with E-state index in [2.05, 4.69) is 5.16 Å². The summed E-state index contributed by atoms with van der Waals surface area (Å²) < 4.78 is 5.26. The molecule has 2 aromatic rings. The number of likely N-dealkylation sites (tertiary alicyclic amines) is 1. The molecule has 1 aliphatic rings. The molecule has 1 aromatic heterocycles. The standard InChI is InChI=1S/C20H23N3O5/c1-14(24)23(13-19(25)26)16-8-5-10-22(11-9-16)20(27)18-12-17(21-28-18)15-6-3-2-4-7-15/h2-4,6-7,12,16H,5,8-11,13H2,1H3,(H,25,26). The van der Waals surface area contributed by atoms with Crippen LogP contribution >= 0.6 is 0 Å². The van der Waals surface area contributed by atoms with E-state index >= 15 is 0 Å². The Hall–Kier alpha value is -3.16. The van der Waals surface area contributed by atoms with E-state index in [4.69, 9.17) is 9.63 Å². The fourth-order valence-corrected chi connectivity index (χ4v) is 3.51. The normalized spacial score (nSPS) is 17.0. The molecule has 1 atom stereocenters. The van der Waals surface area contributed by atoms with Crippen molar-refractivity contribution in [3.8, 4) is 11.3 Å². The Morgan fingerprint density at radius 3 is 2.64 bits per heavy atom. The first-order valence-electron chi connectivity index (χ1n) is 9.26. The summed E-state index contributed by atoms with van der Waals surface area (Å²) in [6, 6.07) is 10.9. The van der Waals surface area contributed by atoms with Gasteiger partial charge in [-0.05, 0) is 19.3 Å². The van der Waals surface area contributed by atoms with Crippen molar-refractivity contribution in [2.24, 2.45) is 0 Å². The number of carbonyl (C=O) groups is 3. The fraction of sp³-hybridized carbons (Fsp3) is 0.400. The smallest absolute Gasteiger partial charge is 0.323 e.